The van der Waals surface area contributed by atoms with Crippen molar-refractivity contribution < 1.29 is 4.79 Å². The van der Waals surface area contributed by atoms with Gasteiger partial charge in [0.25, 0.3) is 0 Å². The van der Waals surface area contributed by atoms with Crippen LogP contribution in [0.25, 0.3) is 0 Å². The van der Waals surface area contributed by atoms with Gasteiger partial charge in [-0.05, 0) is 18.8 Å². The van der Waals surface area contributed by atoms with Crippen LogP contribution in [-0.4, -0.2) is 21.6 Å². The number of amides is 1. The molecule has 1 saturated carbocycles. The fourth-order valence-electron chi connectivity index (χ4n) is 2.14. The summed E-state index contributed by atoms with van der Waals surface area (Å²) in [6.07, 6.45) is 9.64. The van der Waals surface area contributed by atoms with Crippen LogP contribution in [0.2, 0.25) is 0 Å². The van der Waals surface area contributed by atoms with Crippen LogP contribution in [0.1, 0.15) is 32.6 Å². The van der Waals surface area contributed by atoms with E-state index in [9.17, 15) is 4.79 Å². The number of nitrogens with zero attached hydrogens (tertiary/aromatic N) is 2. The van der Waals surface area contributed by atoms with Crippen molar-refractivity contribution in [1.29, 1.82) is 0 Å². The molecule has 4 heteroatoms. The molecule has 2 rings (SSSR count). The van der Waals surface area contributed by atoms with Gasteiger partial charge in [0.2, 0.25) is 0 Å². The third kappa shape index (κ3) is 2.37. The first-order valence-corrected chi connectivity index (χ1v) is 5.56. The number of hydrogen-bond donors (Lipinski definition) is 1. The number of nitrogens with one attached hydrogen (secondary N) is 1. The maximum absolute atomic E-state index is 11.7. The second-order valence-electron chi connectivity index (χ2n) is 4.29. The monoisotopic (exact) mass is 207 g/mol. The maximum Gasteiger partial charge on any atom is 0.327 e. The second kappa shape index (κ2) is 4.47. The van der Waals surface area contributed by atoms with Crippen LogP contribution in [0, 0.1) is 5.92 Å². The molecule has 0 aromatic carbocycles. The molecule has 1 aliphatic rings. The van der Waals surface area contributed by atoms with Gasteiger partial charge in [-0.3, -0.25) is 4.57 Å². The van der Waals surface area contributed by atoms with Crippen molar-refractivity contribution in [2.24, 2.45) is 5.92 Å². The molecule has 4 nitrogen and oxygen atoms in total. The Kier molecular flexibility index (Phi) is 3.04. The van der Waals surface area contributed by atoms with Gasteiger partial charge in [0, 0.05) is 18.4 Å². The summed E-state index contributed by atoms with van der Waals surface area (Å²) < 4.78 is 1.49. The fraction of sp³-hybridized carbons (Fsp3) is 0.636. The van der Waals surface area contributed by atoms with Crippen molar-refractivity contribution >= 4 is 6.03 Å². The zero-order valence-corrected chi connectivity index (χ0v) is 9.02. The quantitative estimate of drug-likeness (QED) is 0.765. The molecule has 0 aliphatic heterocycles. The van der Waals surface area contributed by atoms with Crippen LogP contribution in [0.3, 0.4) is 0 Å². The Morgan fingerprint density at radius 3 is 2.93 bits per heavy atom. The zero-order chi connectivity index (χ0) is 10.7. The van der Waals surface area contributed by atoms with Gasteiger partial charge in [0.15, 0.2) is 0 Å². The molecule has 15 heavy (non-hydrogen) atoms. The first-order chi connectivity index (χ1) is 7.27. The SMILES string of the molecule is C[C@@H]1CCCC[C@@H]1NC(=O)n1ccnc1. The molecule has 82 valence electrons. The van der Waals surface area contributed by atoms with E-state index in [1.807, 2.05) is 0 Å². The van der Waals surface area contributed by atoms with Gasteiger partial charge in [0.05, 0.1) is 0 Å². The van der Waals surface area contributed by atoms with Crippen molar-refractivity contribution in [2.45, 2.75) is 38.6 Å². The van der Waals surface area contributed by atoms with Crippen molar-refractivity contribution in [3.05, 3.63) is 18.7 Å². The second-order valence-corrected chi connectivity index (χ2v) is 4.29. The van der Waals surface area contributed by atoms with E-state index in [4.69, 9.17) is 0 Å². The number of hydrogen-bond acceptors (Lipinski definition) is 2. The molecule has 0 spiro atoms. The molecule has 0 unspecified atom stereocenters. The minimum Gasteiger partial charge on any atom is -0.334 e. The van der Waals surface area contributed by atoms with E-state index in [2.05, 4.69) is 17.2 Å². The highest BCUT2D eigenvalue weighted by atomic mass is 16.2. The highest BCUT2D eigenvalue weighted by Gasteiger charge is 2.22. The number of carbonyl (C=O) groups excluding carboxylic acids is 1. The predicted octanol–water partition coefficient (Wildman–Crippen LogP) is 2.02. The lowest BCUT2D eigenvalue weighted by Gasteiger charge is -2.29. The number of rotatable bonds is 1. The Labute approximate surface area is 89.7 Å². The standard InChI is InChI=1S/C11H17N3O/c1-9-4-2-3-5-10(9)13-11(15)14-7-6-12-8-14/h6-10H,2-5H2,1H3,(H,13,15)/t9-,10+/m1/s1. The summed E-state index contributed by atoms with van der Waals surface area (Å²) in [5, 5.41) is 3.06. The van der Waals surface area contributed by atoms with Gasteiger partial charge in [-0.1, -0.05) is 19.8 Å². The average molecular weight is 207 g/mol. The van der Waals surface area contributed by atoms with E-state index < -0.39 is 0 Å². The first-order valence-electron chi connectivity index (χ1n) is 5.56. The summed E-state index contributed by atoms with van der Waals surface area (Å²) in [4.78, 5) is 15.6. The Morgan fingerprint density at radius 2 is 2.27 bits per heavy atom. The third-order valence-corrected chi connectivity index (χ3v) is 3.16. The topological polar surface area (TPSA) is 46.9 Å². The van der Waals surface area contributed by atoms with Crippen LogP contribution >= 0.6 is 0 Å². The minimum absolute atomic E-state index is 0.0637. The summed E-state index contributed by atoms with van der Waals surface area (Å²) in [6, 6.07) is 0.264. The van der Waals surface area contributed by atoms with E-state index in [1.165, 1.54) is 30.2 Å². The molecule has 0 bridgehead atoms. The van der Waals surface area contributed by atoms with Gasteiger partial charge in [-0.2, -0.15) is 0 Å². The van der Waals surface area contributed by atoms with Gasteiger partial charge < -0.3 is 5.32 Å². The van der Waals surface area contributed by atoms with Crippen molar-refractivity contribution in [2.75, 3.05) is 0 Å². The largest absolute Gasteiger partial charge is 0.334 e. The van der Waals surface area contributed by atoms with E-state index >= 15 is 0 Å². The zero-order valence-electron chi connectivity index (χ0n) is 9.02. The summed E-state index contributed by atoms with van der Waals surface area (Å²) in [5.74, 6) is 0.589. The lowest BCUT2D eigenvalue weighted by molar-refractivity contribution is 0.223. The lowest BCUT2D eigenvalue weighted by Crippen LogP contribution is -2.42. The number of imidazole rings is 1. The van der Waals surface area contributed by atoms with Gasteiger partial charge >= 0.3 is 6.03 Å². The van der Waals surface area contributed by atoms with Crippen LogP contribution in [0.5, 0.6) is 0 Å². The Bertz CT molecular complexity index is 321. The molecular weight excluding hydrogens is 190 g/mol. The highest BCUT2D eigenvalue weighted by molar-refractivity contribution is 5.76. The van der Waals surface area contributed by atoms with Gasteiger partial charge in [-0.25, -0.2) is 9.78 Å². The predicted molar refractivity (Wildman–Crippen MR) is 57.6 cm³/mol. The molecule has 1 aliphatic carbocycles. The van der Waals surface area contributed by atoms with Crippen LogP contribution in [0.4, 0.5) is 4.79 Å². The molecule has 1 amide bonds. The molecular formula is C11H17N3O. The van der Waals surface area contributed by atoms with Gasteiger partial charge in [0.1, 0.15) is 6.33 Å². The Hall–Kier alpha value is -1.32. The van der Waals surface area contributed by atoms with E-state index in [-0.39, 0.29) is 6.03 Å². The molecule has 1 fully saturated rings. The average Bonchev–Trinajstić information content (AvgIpc) is 2.74. The molecule has 1 heterocycles. The summed E-state index contributed by atoms with van der Waals surface area (Å²) in [6.45, 7) is 2.21. The first kappa shape index (κ1) is 10.2. The molecule has 0 radical (unpaired) electrons. The van der Waals surface area contributed by atoms with Crippen LogP contribution < -0.4 is 5.32 Å². The van der Waals surface area contributed by atoms with Crippen LogP contribution in [0.15, 0.2) is 18.7 Å². The van der Waals surface area contributed by atoms with E-state index in [0.29, 0.717) is 12.0 Å². The number of carbonyl (C=O) groups is 1. The van der Waals surface area contributed by atoms with E-state index in [0.717, 1.165) is 6.42 Å². The van der Waals surface area contributed by atoms with E-state index in [1.54, 1.807) is 12.4 Å². The number of aromatic nitrogens is 2. The van der Waals surface area contributed by atoms with Crippen molar-refractivity contribution in [1.82, 2.24) is 14.9 Å². The molecule has 2 atom stereocenters. The minimum atomic E-state index is -0.0637. The molecule has 1 N–H and O–H groups in total. The van der Waals surface area contributed by atoms with Crippen LogP contribution in [-0.2, 0) is 0 Å². The smallest absolute Gasteiger partial charge is 0.327 e. The summed E-state index contributed by atoms with van der Waals surface area (Å²) in [5.41, 5.74) is 0. The Balaban J connectivity index is 1.93. The highest BCUT2D eigenvalue weighted by Crippen LogP contribution is 2.23. The molecule has 1 aromatic rings. The lowest BCUT2D eigenvalue weighted by atomic mass is 9.86. The Morgan fingerprint density at radius 1 is 1.47 bits per heavy atom. The van der Waals surface area contributed by atoms with Gasteiger partial charge in [-0.15, -0.1) is 0 Å². The van der Waals surface area contributed by atoms with Crippen molar-refractivity contribution in [3.63, 3.8) is 0 Å². The molecule has 0 saturated heterocycles. The fourth-order valence-corrected chi connectivity index (χ4v) is 2.14. The maximum atomic E-state index is 11.7. The summed E-state index contributed by atoms with van der Waals surface area (Å²) in [7, 11) is 0. The third-order valence-electron chi connectivity index (χ3n) is 3.16. The normalized spacial score (nSPS) is 26.2. The molecule has 1 aromatic heterocycles. The van der Waals surface area contributed by atoms with Crippen molar-refractivity contribution in [3.8, 4) is 0 Å². The summed E-state index contributed by atoms with van der Waals surface area (Å²) >= 11 is 0.